The van der Waals surface area contributed by atoms with Crippen molar-refractivity contribution < 1.29 is 19.0 Å². The van der Waals surface area contributed by atoms with Crippen molar-refractivity contribution in [2.45, 2.75) is 19.1 Å². The van der Waals surface area contributed by atoms with Gasteiger partial charge in [-0.1, -0.05) is 30.3 Å². The summed E-state index contributed by atoms with van der Waals surface area (Å²) in [5, 5.41) is 0. The van der Waals surface area contributed by atoms with Crippen molar-refractivity contribution in [2.24, 2.45) is 0 Å². The van der Waals surface area contributed by atoms with E-state index in [2.05, 4.69) is 9.97 Å². The van der Waals surface area contributed by atoms with Crippen LogP contribution in [0.5, 0.6) is 11.8 Å². The van der Waals surface area contributed by atoms with Crippen LogP contribution in [0.3, 0.4) is 0 Å². The van der Waals surface area contributed by atoms with E-state index in [1.54, 1.807) is 4.90 Å². The lowest BCUT2D eigenvalue weighted by Crippen LogP contribution is -2.33. The number of amides is 1. The van der Waals surface area contributed by atoms with Gasteiger partial charge in [-0.2, -0.15) is 4.98 Å². The summed E-state index contributed by atoms with van der Waals surface area (Å²) in [5.74, 6) is 0.774. The smallest absolute Gasteiger partial charge is 0.248 e. The van der Waals surface area contributed by atoms with Crippen molar-refractivity contribution in [3.8, 4) is 11.8 Å². The van der Waals surface area contributed by atoms with E-state index in [9.17, 15) is 4.79 Å². The topological polar surface area (TPSA) is 73.8 Å². The van der Waals surface area contributed by atoms with Gasteiger partial charge in [-0.15, -0.1) is 0 Å². The molecule has 0 N–H and O–H groups in total. The molecule has 1 aromatic heterocycles. The Kier molecular flexibility index (Phi) is 5.79. The van der Waals surface area contributed by atoms with Gasteiger partial charge >= 0.3 is 0 Å². The lowest BCUT2D eigenvalue weighted by molar-refractivity contribution is -0.135. The molecule has 25 heavy (non-hydrogen) atoms. The molecule has 1 saturated heterocycles. The van der Waals surface area contributed by atoms with E-state index >= 15 is 0 Å². The third-order valence-corrected chi connectivity index (χ3v) is 3.92. The molecule has 132 valence electrons. The van der Waals surface area contributed by atoms with Crippen molar-refractivity contribution in [1.29, 1.82) is 0 Å². The van der Waals surface area contributed by atoms with Crippen LogP contribution in [-0.4, -0.2) is 53.7 Å². The molecule has 3 rings (SSSR count). The van der Waals surface area contributed by atoms with Crippen LogP contribution in [0.15, 0.2) is 42.7 Å². The van der Waals surface area contributed by atoms with E-state index < -0.39 is 0 Å². The first-order chi connectivity index (χ1) is 12.2. The van der Waals surface area contributed by atoms with Gasteiger partial charge in [-0.3, -0.25) is 9.78 Å². The van der Waals surface area contributed by atoms with Gasteiger partial charge in [0.1, 0.15) is 12.7 Å². The summed E-state index contributed by atoms with van der Waals surface area (Å²) in [4.78, 5) is 22.2. The van der Waals surface area contributed by atoms with Gasteiger partial charge in [-0.05, 0) is 5.56 Å². The molecule has 7 heteroatoms. The first-order valence-corrected chi connectivity index (χ1v) is 8.16. The van der Waals surface area contributed by atoms with Gasteiger partial charge in [0, 0.05) is 13.0 Å². The Labute approximate surface area is 146 Å². The Hall–Kier alpha value is -2.67. The Bertz CT molecular complexity index is 696. The lowest BCUT2D eigenvalue weighted by Gasteiger charge is -2.17. The monoisotopic (exact) mass is 343 g/mol. The highest BCUT2D eigenvalue weighted by molar-refractivity contribution is 5.77. The molecule has 0 spiro atoms. The first-order valence-electron chi connectivity index (χ1n) is 8.16. The van der Waals surface area contributed by atoms with Gasteiger partial charge in [0.25, 0.3) is 0 Å². The average molecular weight is 343 g/mol. The summed E-state index contributed by atoms with van der Waals surface area (Å²) >= 11 is 0. The number of nitrogens with zero attached hydrogens (tertiary/aromatic N) is 3. The fourth-order valence-electron chi connectivity index (χ4n) is 2.63. The minimum Gasteiger partial charge on any atom is -0.480 e. The second-order valence-corrected chi connectivity index (χ2v) is 5.75. The number of carbonyl (C=O) groups is 1. The zero-order chi connectivity index (χ0) is 17.5. The number of carbonyl (C=O) groups excluding carboxylic acids is 1. The van der Waals surface area contributed by atoms with Gasteiger partial charge in [0.05, 0.1) is 32.7 Å². The molecular formula is C18H21N3O4. The fourth-order valence-corrected chi connectivity index (χ4v) is 2.63. The highest BCUT2D eigenvalue weighted by Gasteiger charge is 2.28. The molecule has 1 fully saturated rings. The summed E-state index contributed by atoms with van der Waals surface area (Å²) in [6.45, 7) is 1.67. The molecule has 2 aromatic rings. The Morgan fingerprint density at radius 1 is 1.24 bits per heavy atom. The van der Waals surface area contributed by atoms with Crippen molar-refractivity contribution in [3.05, 3.63) is 48.3 Å². The van der Waals surface area contributed by atoms with Gasteiger partial charge in [0.15, 0.2) is 0 Å². The van der Waals surface area contributed by atoms with Crippen LogP contribution in [0.4, 0.5) is 0 Å². The van der Waals surface area contributed by atoms with Crippen LogP contribution < -0.4 is 9.47 Å². The maximum atomic E-state index is 12.2. The Morgan fingerprint density at radius 2 is 2.04 bits per heavy atom. The second-order valence-electron chi connectivity index (χ2n) is 5.75. The van der Waals surface area contributed by atoms with Crippen molar-refractivity contribution >= 4 is 5.91 Å². The molecule has 1 amide bonds. The Morgan fingerprint density at radius 3 is 2.84 bits per heavy atom. The third kappa shape index (κ3) is 4.90. The molecule has 0 aliphatic carbocycles. The van der Waals surface area contributed by atoms with E-state index in [-0.39, 0.29) is 18.6 Å². The Balaban J connectivity index is 1.43. The zero-order valence-corrected chi connectivity index (χ0v) is 14.1. The normalized spacial score (nSPS) is 16.7. The van der Waals surface area contributed by atoms with E-state index in [0.29, 0.717) is 31.5 Å². The van der Waals surface area contributed by atoms with Crippen molar-refractivity contribution in [3.63, 3.8) is 0 Å². The number of rotatable bonds is 7. The molecule has 1 aliphatic heterocycles. The molecule has 1 aromatic carbocycles. The summed E-state index contributed by atoms with van der Waals surface area (Å²) in [5.41, 5.74) is 1.05. The van der Waals surface area contributed by atoms with Crippen LogP contribution in [0.25, 0.3) is 0 Å². The van der Waals surface area contributed by atoms with E-state index in [4.69, 9.17) is 14.2 Å². The third-order valence-electron chi connectivity index (χ3n) is 3.92. The van der Waals surface area contributed by atoms with Crippen LogP contribution >= 0.6 is 0 Å². The average Bonchev–Trinajstić information content (AvgIpc) is 3.11. The summed E-state index contributed by atoms with van der Waals surface area (Å²) < 4.78 is 16.3. The number of methoxy groups -OCH3 is 1. The van der Waals surface area contributed by atoms with E-state index in [1.165, 1.54) is 19.5 Å². The first kappa shape index (κ1) is 17.2. The van der Waals surface area contributed by atoms with Gasteiger partial charge in [-0.25, -0.2) is 0 Å². The van der Waals surface area contributed by atoms with Crippen molar-refractivity contribution in [2.75, 3.05) is 26.8 Å². The van der Waals surface area contributed by atoms with Crippen LogP contribution in [0.2, 0.25) is 0 Å². The summed E-state index contributed by atoms with van der Waals surface area (Å²) in [6, 6.07) is 9.79. The molecule has 2 heterocycles. The van der Waals surface area contributed by atoms with Crippen LogP contribution in [0.1, 0.15) is 12.0 Å². The minimum atomic E-state index is -0.0977. The minimum absolute atomic E-state index is 0.0289. The van der Waals surface area contributed by atoms with Gasteiger partial charge < -0.3 is 19.1 Å². The molecule has 0 bridgehead atoms. The largest absolute Gasteiger partial charge is 0.480 e. The predicted octanol–water partition coefficient (Wildman–Crippen LogP) is 1.68. The van der Waals surface area contributed by atoms with Crippen LogP contribution in [0, 0.1) is 0 Å². The maximum Gasteiger partial charge on any atom is 0.248 e. The quantitative estimate of drug-likeness (QED) is 0.762. The maximum absolute atomic E-state index is 12.2. The molecule has 7 nitrogen and oxygen atoms in total. The predicted molar refractivity (Wildman–Crippen MR) is 90.3 cm³/mol. The van der Waals surface area contributed by atoms with Crippen molar-refractivity contribution in [1.82, 2.24) is 14.9 Å². The number of hydrogen-bond acceptors (Lipinski definition) is 6. The highest BCUT2D eigenvalue weighted by Crippen LogP contribution is 2.18. The molecule has 1 unspecified atom stereocenters. The standard InChI is InChI=1S/C18H21N3O4/c1-23-16-9-19-10-17(20-16)25-15-7-8-21(11-15)18(22)13-24-12-14-5-3-2-4-6-14/h2-6,9-10,15H,7-8,11-13H2,1H3. The van der Waals surface area contributed by atoms with E-state index in [1.807, 2.05) is 30.3 Å². The van der Waals surface area contributed by atoms with Gasteiger partial charge in [0.2, 0.25) is 17.7 Å². The summed E-state index contributed by atoms with van der Waals surface area (Å²) in [6.07, 6.45) is 3.71. The SMILES string of the molecule is COc1cncc(OC2CCN(C(=O)COCc3ccccc3)C2)n1. The lowest BCUT2D eigenvalue weighted by atomic mass is 10.2. The number of hydrogen-bond donors (Lipinski definition) is 0. The molecule has 0 saturated carbocycles. The number of ether oxygens (including phenoxy) is 3. The molecular weight excluding hydrogens is 322 g/mol. The number of aromatic nitrogens is 2. The molecule has 1 atom stereocenters. The summed E-state index contributed by atoms with van der Waals surface area (Å²) in [7, 11) is 1.53. The number of benzene rings is 1. The highest BCUT2D eigenvalue weighted by atomic mass is 16.5. The zero-order valence-electron chi connectivity index (χ0n) is 14.1. The molecule has 0 radical (unpaired) electrons. The van der Waals surface area contributed by atoms with Crippen LogP contribution in [-0.2, 0) is 16.1 Å². The van der Waals surface area contributed by atoms with E-state index in [0.717, 1.165) is 12.0 Å². The fraction of sp³-hybridized carbons (Fsp3) is 0.389. The molecule has 1 aliphatic rings. The number of likely N-dealkylation sites (tertiary alicyclic amines) is 1. The second kappa shape index (κ2) is 8.43.